The van der Waals surface area contributed by atoms with E-state index in [-0.39, 0.29) is 32.0 Å². The fraction of sp³-hybridized carbons (Fsp3) is 0.571. The number of benzene rings is 1. The Hall–Kier alpha value is -3.36. The summed E-state index contributed by atoms with van der Waals surface area (Å²) in [5, 5.41) is 5.46. The Morgan fingerprint density at radius 1 is 1.14 bits per heavy atom. The normalized spacial score (nSPS) is 12.8. The number of carbonyl (C=O) groups excluding carboxylic acids is 4. The van der Waals surface area contributed by atoms with Crippen LogP contribution >= 0.6 is 0 Å². The fourth-order valence-corrected chi connectivity index (χ4v) is 3.76. The van der Waals surface area contributed by atoms with E-state index in [9.17, 15) is 19.2 Å². The van der Waals surface area contributed by atoms with Gasteiger partial charge in [0.1, 0.15) is 17.7 Å². The molecule has 0 aliphatic carbocycles. The van der Waals surface area contributed by atoms with Crippen LogP contribution in [0.2, 0.25) is 0 Å². The molecule has 2 N–H and O–H groups in total. The van der Waals surface area contributed by atoms with Gasteiger partial charge in [0.15, 0.2) is 0 Å². The Kier molecular flexibility index (Phi) is 12.9. The first-order chi connectivity index (χ1) is 17.3. The van der Waals surface area contributed by atoms with Crippen molar-refractivity contribution in [2.24, 2.45) is 5.92 Å². The monoisotopic (exact) mass is 517 g/mol. The van der Waals surface area contributed by atoms with Crippen LogP contribution in [0.4, 0.5) is 4.79 Å². The van der Waals surface area contributed by atoms with Crippen LogP contribution in [-0.4, -0.2) is 60.1 Å². The van der Waals surface area contributed by atoms with E-state index < -0.39 is 41.6 Å². The Balaban J connectivity index is 3.33. The molecule has 9 heteroatoms. The number of hydrogen-bond acceptors (Lipinski definition) is 6. The van der Waals surface area contributed by atoms with Gasteiger partial charge in [-0.25, -0.2) is 4.79 Å². The molecule has 2 unspecified atom stereocenters. The molecule has 0 heterocycles. The number of nitrogens with zero attached hydrogens (tertiary/aromatic N) is 1. The van der Waals surface area contributed by atoms with E-state index in [2.05, 4.69) is 17.2 Å². The Morgan fingerprint density at radius 3 is 2.35 bits per heavy atom. The van der Waals surface area contributed by atoms with Gasteiger partial charge in [-0.3, -0.25) is 14.4 Å². The zero-order chi connectivity index (χ0) is 28.2. The minimum atomic E-state index is -0.991. The molecule has 1 aromatic rings. The first kappa shape index (κ1) is 31.7. The molecule has 0 saturated heterocycles. The first-order valence-electron chi connectivity index (χ1n) is 12.8. The zero-order valence-corrected chi connectivity index (χ0v) is 23.3. The van der Waals surface area contributed by atoms with Gasteiger partial charge in [-0.15, -0.1) is 0 Å². The molecule has 0 aromatic heterocycles. The number of hydrogen-bond donors (Lipinski definition) is 2. The van der Waals surface area contributed by atoms with Crippen LogP contribution in [0.5, 0.6) is 0 Å². The van der Waals surface area contributed by atoms with Crippen LogP contribution in [0.1, 0.15) is 78.5 Å². The van der Waals surface area contributed by atoms with E-state index in [1.54, 1.807) is 58.9 Å². The van der Waals surface area contributed by atoms with E-state index in [0.717, 1.165) is 5.56 Å². The van der Waals surface area contributed by atoms with Gasteiger partial charge in [0.25, 0.3) is 0 Å². The molecule has 0 aliphatic heterocycles. The minimum Gasteiger partial charge on any atom is -0.466 e. The molecule has 0 fully saturated rings. The van der Waals surface area contributed by atoms with Crippen LogP contribution in [0.3, 0.4) is 0 Å². The number of esters is 1. The van der Waals surface area contributed by atoms with E-state index in [1.807, 2.05) is 19.9 Å². The van der Waals surface area contributed by atoms with Crippen molar-refractivity contribution in [3.8, 4) is 0 Å². The van der Waals surface area contributed by atoms with Crippen LogP contribution < -0.4 is 10.6 Å². The maximum absolute atomic E-state index is 13.8. The van der Waals surface area contributed by atoms with Crippen LogP contribution in [0.25, 0.3) is 6.08 Å². The third-order valence-electron chi connectivity index (χ3n) is 5.28. The molecule has 2 atom stereocenters. The van der Waals surface area contributed by atoms with Gasteiger partial charge < -0.3 is 25.0 Å². The van der Waals surface area contributed by atoms with Crippen LogP contribution in [0, 0.1) is 5.92 Å². The summed E-state index contributed by atoms with van der Waals surface area (Å²) >= 11 is 0. The molecule has 37 heavy (non-hydrogen) atoms. The van der Waals surface area contributed by atoms with Gasteiger partial charge in [0.05, 0.1) is 13.0 Å². The van der Waals surface area contributed by atoms with Gasteiger partial charge in [0.2, 0.25) is 11.8 Å². The van der Waals surface area contributed by atoms with Crippen molar-refractivity contribution < 1.29 is 28.7 Å². The molecule has 3 amide bonds. The lowest BCUT2D eigenvalue weighted by molar-refractivity contribution is -0.144. The Bertz CT molecular complexity index is 938. The molecular weight excluding hydrogens is 474 g/mol. The van der Waals surface area contributed by atoms with Crippen molar-refractivity contribution in [3.05, 3.63) is 42.0 Å². The quantitative estimate of drug-likeness (QED) is 0.379. The summed E-state index contributed by atoms with van der Waals surface area (Å²) in [6.07, 6.45) is 1.32. The lowest BCUT2D eigenvalue weighted by Crippen LogP contribution is -2.53. The van der Waals surface area contributed by atoms with E-state index in [4.69, 9.17) is 9.47 Å². The molecule has 9 nitrogen and oxygen atoms in total. The number of rotatable bonds is 13. The molecule has 1 rings (SSSR count). The summed E-state index contributed by atoms with van der Waals surface area (Å²) in [6.45, 7) is 16.9. The summed E-state index contributed by atoms with van der Waals surface area (Å²) in [4.78, 5) is 53.0. The number of nitrogens with one attached hydrogen (secondary N) is 2. The average Bonchev–Trinajstić information content (AvgIpc) is 2.80. The van der Waals surface area contributed by atoms with Crippen molar-refractivity contribution >= 4 is 30.0 Å². The van der Waals surface area contributed by atoms with Gasteiger partial charge in [-0.1, -0.05) is 44.7 Å². The number of amides is 3. The number of carbonyl (C=O) groups is 4. The molecule has 0 spiro atoms. The number of ether oxygens (including phenoxy) is 2. The largest absolute Gasteiger partial charge is 0.466 e. The highest BCUT2D eigenvalue weighted by Gasteiger charge is 2.35. The molecule has 1 aromatic carbocycles. The lowest BCUT2D eigenvalue weighted by atomic mass is 9.98. The van der Waals surface area contributed by atoms with E-state index >= 15 is 0 Å². The lowest BCUT2D eigenvalue weighted by Gasteiger charge is -2.34. The molecule has 0 radical (unpaired) electrons. The van der Waals surface area contributed by atoms with E-state index in [0.29, 0.717) is 12.0 Å². The van der Waals surface area contributed by atoms with Crippen molar-refractivity contribution in [3.63, 3.8) is 0 Å². The van der Waals surface area contributed by atoms with Gasteiger partial charge in [-0.05, 0) is 64.2 Å². The number of likely N-dealkylation sites (N-methyl/N-ethyl adjacent to an activating group) is 1. The van der Waals surface area contributed by atoms with E-state index in [1.165, 1.54) is 4.90 Å². The first-order valence-corrected chi connectivity index (χ1v) is 12.8. The SMILES string of the molecule is C=Cc1cccc(C(C(=O)NCCC(=O)OCC)N(CC)C(=O)C(CC(C)C)NC(=O)OC(C)(C)C)c1. The third kappa shape index (κ3) is 11.1. The average molecular weight is 518 g/mol. The highest BCUT2D eigenvalue weighted by molar-refractivity contribution is 5.92. The topological polar surface area (TPSA) is 114 Å². The highest BCUT2D eigenvalue weighted by Crippen LogP contribution is 2.25. The summed E-state index contributed by atoms with van der Waals surface area (Å²) in [7, 11) is 0. The second-order valence-corrected chi connectivity index (χ2v) is 10.1. The second-order valence-electron chi connectivity index (χ2n) is 10.1. The molecule has 0 aliphatic rings. The Morgan fingerprint density at radius 2 is 1.81 bits per heavy atom. The van der Waals surface area contributed by atoms with Gasteiger partial charge >= 0.3 is 12.1 Å². The summed E-state index contributed by atoms with van der Waals surface area (Å²) in [5.74, 6) is -1.18. The molecule has 206 valence electrons. The summed E-state index contributed by atoms with van der Waals surface area (Å²) in [5.41, 5.74) is 0.643. The van der Waals surface area contributed by atoms with Crippen molar-refractivity contribution in [1.29, 1.82) is 0 Å². The summed E-state index contributed by atoms with van der Waals surface area (Å²) < 4.78 is 10.3. The van der Waals surface area contributed by atoms with Crippen LogP contribution in [-0.2, 0) is 23.9 Å². The van der Waals surface area contributed by atoms with Crippen molar-refractivity contribution in [2.45, 2.75) is 79.0 Å². The zero-order valence-electron chi connectivity index (χ0n) is 23.3. The smallest absolute Gasteiger partial charge is 0.408 e. The predicted octanol–water partition coefficient (Wildman–Crippen LogP) is 4.23. The maximum Gasteiger partial charge on any atom is 0.408 e. The van der Waals surface area contributed by atoms with Gasteiger partial charge in [-0.2, -0.15) is 0 Å². The second kappa shape index (κ2) is 15.0. The number of alkyl carbamates (subject to hydrolysis) is 1. The van der Waals surface area contributed by atoms with Crippen LogP contribution in [0.15, 0.2) is 30.8 Å². The minimum absolute atomic E-state index is 0.00917. The Labute approximate surface area is 221 Å². The summed E-state index contributed by atoms with van der Waals surface area (Å²) in [6, 6.07) is 5.29. The van der Waals surface area contributed by atoms with Crippen molar-refractivity contribution in [2.75, 3.05) is 19.7 Å². The van der Waals surface area contributed by atoms with Gasteiger partial charge in [0, 0.05) is 13.1 Å². The predicted molar refractivity (Wildman–Crippen MR) is 144 cm³/mol. The standard InChI is InChI=1S/C28H43N3O6/c1-9-20-13-12-14-21(18-20)24(25(33)29-16-15-23(32)36-11-3)31(10-2)26(34)22(17-19(4)5)30-27(35)37-28(6,7)8/h9,12-14,18-19,22,24H,1,10-11,15-17H2,2-8H3,(H,29,33)(H,30,35). The fourth-order valence-electron chi connectivity index (χ4n) is 3.76. The third-order valence-corrected chi connectivity index (χ3v) is 5.28. The molecule has 0 bridgehead atoms. The van der Waals surface area contributed by atoms with Crippen molar-refractivity contribution in [1.82, 2.24) is 15.5 Å². The maximum atomic E-state index is 13.8. The molecular formula is C28H43N3O6. The molecule has 0 saturated carbocycles. The highest BCUT2D eigenvalue weighted by atomic mass is 16.6.